The van der Waals surface area contributed by atoms with Crippen molar-refractivity contribution in [1.29, 1.82) is 0 Å². The van der Waals surface area contributed by atoms with Crippen molar-refractivity contribution in [2.24, 2.45) is 0 Å². The lowest BCUT2D eigenvalue weighted by Crippen LogP contribution is -2.05. The van der Waals surface area contributed by atoms with Gasteiger partial charge >= 0.3 is 5.97 Å². The van der Waals surface area contributed by atoms with E-state index < -0.39 is 5.97 Å². The summed E-state index contributed by atoms with van der Waals surface area (Å²) in [6.07, 6.45) is 0.774. The Hall–Kier alpha value is -2.55. The molecule has 0 aliphatic heterocycles. The lowest BCUT2D eigenvalue weighted by molar-refractivity contribution is 0.0505. The molecule has 0 bridgehead atoms. The Bertz CT molecular complexity index is 821. The molecule has 0 spiro atoms. The molecular formula is C18H16O3. The summed E-state index contributed by atoms with van der Waals surface area (Å²) in [7, 11) is 0. The first-order chi connectivity index (χ1) is 10.2. The summed E-state index contributed by atoms with van der Waals surface area (Å²) in [5.74, 6) is -0.302. The average molecular weight is 280 g/mol. The van der Waals surface area contributed by atoms with Crippen molar-refractivity contribution < 1.29 is 14.6 Å². The van der Waals surface area contributed by atoms with Crippen LogP contribution in [-0.2, 0) is 4.74 Å². The van der Waals surface area contributed by atoms with Gasteiger partial charge in [-0.3, -0.25) is 0 Å². The first-order valence-electron chi connectivity index (χ1n) is 7.01. The predicted octanol–water partition coefficient (Wildman–Crippen LogP) is 4.27. The molecule has 21 heavy (non-hydrogen) atoms. The third kappa shape index (κ3) is 2.55. The maximum Gasteiger partial charge on any atom is 0.338 e. The number of esters is 1. The number of phenolic OH excluding ortho intramolecular Hbond substituents is 1. The molecule has 3 nitrogen and oxygen atoms in total. The minimum absolute atomic E-state index is 0.0988. The van der Waals surface area contributed by atoms with Crippen molar-refractivity contribution in [2.75, 3.05) is 6.61 Å². The number of aromatic hydroxyl groups is 1. The summed E-state index contributed by atoms with van der Waals surface area (Å²) >= 11 is 0. The fraction of sp³-hybridized carbons (Fsp3) is 0.167. The summed E-state index contributed by atoms with van der Waals surface area (Å²) in [4.78, 5) is 11.9. The van der Waals surface area contributed by atoms with E-state index >= 15 is 0 Å². The summed E-state index contributed by atoms with van der Waals surface area (Å²) in [5.41, 5.74) is 0.378. The first-order valence-corrected chi connectivity index (χ1v) is 7.01. The molecule has 0 aliphatic carbocycles. The molecule has 0 aliphatic rings. The van der Waals surface area contributed by atoms with Crippen molar-refractivity contribution in [3.8, 4) is 5.75 Å². The van der Waals surface area contributed by atoms with Gasteiger partial charge in [-0.2, -0.15) is 0 Å². The number of benzene rings is 3. The molecule has 0 radical (unpaired) electrons. The van der Waals surface area contributed by atoms with Gasteiger partial charge in [0.25, 0.3) is 0 Å². The highest BCUT2D eigenvalue weighted by Crippen LogP contribution is 2.30. The van der Waals surface area contributed by atoms with Gasteiger partial charge in [-0.15, -0.1) is 0 Å². The molecule has 0 atom stereocenters. The van der Waals surface area contributed by atoms with Crippen LogP contribution >= 0.6 is 0 Å². The number of hydrogen-bond donors (Lipinski definition) is 1. The van der Waals surface area contributed by atoms with Gasteiger partial charge in [0.2, 0.25) is 0 Å². The number of carbonyl (C=O) groups excluding carboxylic acids is 1. The molecule has 3 aromatic carbocycles. The lowest BCUT2D eigenvalue weighted by atomic mass is 10.0. The second-order valence-electron chi connectivity index (χ2n) is 5.05. The van der Waals surface area contributed by atoms with Crippen LogP contribution in [0.5, 0.6) is 5.75 Å². The smallest absolute Gasteiger partial charge is 0.338 e. The summed E-state index contributed by atoms with van der Waals surface area (Å²) in [6, 6.07) is 15.1. The van der Waals surface area contributed by atoms with Crippen molar-refractivity contribution in [3.05, 3.63) is 54.1 Å². The average Bonchev–Trinajstić information content (AvgIpc) is 2.50. The molecular weight excluding hydrogens is 264 g/mol. The standard InChI is InChI=1S/C18H16O3/c1-2-7-21-18(20)15-9-14-8-12-5-3-4-6-13(12)10-16(14)17(19)11-15/h3-6,8-11,19H,2,7H2,1H3. The molecule has 0 saturated carbocycles. The number of rotatable bonds is 3. The van der Waals surface area contributed by atoms with Gasteiger partial charge in [0.15, 0.2) is 0 Å². The van der Waals surface area contributed by atoms with Crippen LogP contribution in [0.25, 0.3) is 21.5 Å². The van der Waals surface area contributed by atoms with E-state index in [1.807, 2.05) is 43.3 Å². The number of phenols is 1. The molecule has 3 heteroatoms. The SMILES string of the molecule is CCCOC(=O)c1cc(O)c2cc3ccccc3cc2c1. The molecule has 3 aromatic rings. The summed E-state index contributed by atoms with van der Waals surface area (Å²) < 4.78 is 5.12. The largest absolute Gasteiger partial charge is 0.507 e. The first kappa shape index (κ1) is 13.4. The van der Waals surface area contributed by atoms with E-state index in [9.17, 15) is 9.90 Å². The van der Waals surface area contributed by atoms with Gasteiger partial charge in [0, 0.05) is 5.39 Å². The zero-order chi connectivity index (χ0) is 14.8. The van der Waals surface area contributed by atoms with Gasteiger partial charge in [0.1, 0.15) is 5.75 Å². The van der Waals surface area contributed by atoms with Crippen LogP contribution in [0.2, 0.25) is 0 Å². The molecule has 106 valence electrons. The molecule has 0 saturated heterocycles. The molecule has 0 amide bonds. The maximum atomic E-state index is 11.9. The molecule has 3 rings (SSSR count). The van der Waals surface area contributed by atoms with Crippen LogP contribution in [0.3, 0.4) is 0 Å². The second kappa shape index (κ2) is 5.44. The Morgan fingerprint density at radius 1 is 1.05 bits per heavy atom. The Labute approximate surface area is 122 Å². The van der Waals surface area contributed by atoms with E-state index in [0.717, 1.165) is 28.0 Å². The van der Waals surface area contributed by atoms with E-state index in [2.05, 4.69) is 0 Å². The third-order valence-corrected chi connectivity index (χ3v) is 3.47. The molecule has 0 aromatic heterocycles. The fourth-order valence-electron chi connectivity index (χ4n) is 2.43. The number of ether oxygens (including phenoxy) is 1. The minimum atomic E-state index is -0.401. The topological polar surface area (TPSA) is 46.5 Å². The number of hydrogen-bond acceptors (Lipinski definition) is 3. The molecule has 0 fully saturated rings. The highest BCUT2D eigenvalue weighted by atomic mass is 16.5. The van der Waals surface area contributed by atoms with E-state index in [0.29, 0.717) is 12.2 Å². The zero-order valence-corrected chi connectivity index (χ0v) is 11.8. The quantitative estimate of drug-likeness (QED) is 0.576. The van der Waals surface area contributed by atoms with Crippen LogP contribution < -0.4 is 0 Å². The minimum Gasteiger partial charge on any atom is -0.507 e. The summed E-state index contributed by atoms with van der Waals surface area (Å²) in [5, 5.41) is 13.9. The monoisotopic (exact) mass is 280 g/mol. The van der Waals surface area contributed by atoms with Gasteiger partial charge < -0.3 is 9.84 Å². The maximum absolute atomic E-state index is 11.9. The molecule has 0 unspecified atom stereocenters. The Balaban J connectivity index is 2.14. The Kier molecular flexibility index (Phi) is 3.48. The van der Waals surface area contributed by atoms with E-state index in [4.69, 9.17) is 4.74 Å². The zero-order valence-electron chi connectivity index (χ0n) is 11.8. The van der Waals surface area contributed by atoms with Crippen LogP contribution in [0, 0.1) is 0 Å². The van der Waals surface area contributed by atoms with Crippen molar-refractivity contribution in [3.63, 3.8) is 0 Å². The number of fused-ring (bicyclic) bond motifs is 2. The molecule has 1 N–H and O–H groups in total. The van der Waals surface area contributed by atoms with Crippen LogP contribution in [-0.4, -0.2) is 17.7 Å². The van der Waals surface area contributed by atoms with Crippen LogP contribution in [0.15, 0.2) is 48.5 Å². The third-order valence-electron chi connectivity index (χ3n) is 3.47. The number of carbonyl (C=O) groups is 1. The van der Waals surface area contributed by atoms with Gasteiger partial charge in [-0.1, -0.05) is 31.2 Å². The lowest BCUT2D eigenvalue weighted by Gasteiger charge is -2.08. The van der Waals surface area contributed by atoms with Crippen molar-refractivity contribution in [2.45, 2.75) is 13.3 Å². The van der Waals surface area contributed by atoms with E-state index in [1.54, 1.807) is 6.07 Å². The molecule has 0 heterocycles. The van der Waals surface area contributed by atoms with Crippen molar-refractivity contribution >= 4 is 27.5 Å². The van der Waals surface area contributed by atoms with Crippen LogP contribution in [0.1, 0.15) is 23.7 Å². The Morgan fingerprint density at radius 3 is 2.48 bits per heavy atom. The van der Waals surface area contributed by atoms with Gasteiger partial charge in [-0.25, -0.2) is 4.79 Å². The highest BCUT2D eigenvalue weighted by molar-refractivity contribution is 6.04. The normalized spacial score (nSPS) is 10.9. The highest BCUT2D eigenvalue weighted by Gasteiger charge is 2.11. The fourth-order valence-corrected chi connectivity index (χ4v) is 2.43. The van der Waals surface area contributed by atoms with Crippen molar-refractivity contribution in [1.82, 2.24) is 0 Å². The second-order valence-corrected chi connectivity index (χ2v) is 5.05. The predicted molar refractivity (Wildman–Crippen MR) is 83.7 cm³/mol. The van der Waals surface area contributed by atoms with Crippen LogP contribution in [0.4, 0.5) is 0 Å². The summed E-state index contributed by atoms with van der Waals surface area (Å²) in [6.45, 7) is 2.33. The van der Waals surface area contributed by atoms with Gasteiger partial charge in [0.05, 0.1) is 12.2 Å². The van der Waals surface area contributed by atoms with E-state index in [-0.39, 0.29) is 5.75 Å². The van der Waals surface area contributed by atoms with Gasteiger partial charge in [-0.05, 0) is 46.8 Å². The van der Waals surface area contributed by atoms with E-state index in [1.165, 1.54) is 6.07 Å². The Morgan fingerprint density at radius 2 is 1.76 bits per heavy atom.